The summed E-state index contributed by atoms with van der Waals surface area (Å²) in [7, 11) is 1.55. The van der Waals surface area contributed by atoms with Crippen molar-refractivity contribution in [3.63, 3.8) is 0 Å². The van der Waals surface area contributed by atoms with Gasteiger partial charge in [0.05, 0.1) is 19.2 Å². The van der Waals surface area contributed by atoms with Crippen LogP contribution in [0.2, 0.25) is 5.02 Å². The molecule has 1 heterocycles. The number of nitrogens with zero attached hydrogens (tertiary/aromatic N) is 2. The van der Waals surface area contributed by atoms with Crippen LogP contribution in [0.1, 0.15) is 27.0 Å². The summed E-state index contributed by atoms with van der Waals surface area (Å²) < 4.78 is 5.32. The highest BCUT2D eigenvalue weighted by Gasteiger charge is 2.27. The van der Waals surface area contributed by atoms with E-state index in [2.05, 4.69) is 37.0 Å². The number of carbonyl (C=O) groups is 1. The van der Waals surface area contributed by atoms with E-state index >= 15 is 0 Å². The normalized spacial score (nSPS) is 13.7. The summed E-state index contributed by atoms with van der Waals surface area (Å²) in [5.41, 5.74) is 4.20. The second kappa shape index (κ2) is 8.14. The number of thioether (sulfide) groups is 1. The van der Waals surface area contributed by atoms with Gasteiger partial charge >= 0.3 is 0 Å². The molecule has 0 saturated heterocycles. The smallest absolute Gasteiger partial charge is 0.263 e. The first kappa shape index (κ1) is 18.8. The molecule has 136 valence electrons. The van der Waals surface area contributed by atoms with E-state index in [9.17, 15) is 4.79 Å². The summed E-state index contributed by atoms with van der Waals surface area (Å²) in [6.45, 7) is 5.38. The van der Waals surface area contributed by atoms with Crippen LogP contribution in [-0.2, 0) is 5.75 Å². The molecule has 0 fully saturated rings. The number of amides is 1. The van der Waals surface area contributed by atoms with Gasteiger partial charge in [-0.2, -0.15) is 0 Å². The van der Waals surface area contributed by atoms with E-state index in [-0.39, 0.29) is 5.91 Å². The van der Waals surface area contributed by atoms with Crippen molar-refractivity contribution in [2.45, 2.75) is 19.6 Å². The molecule has 0 radical (unpaired) electrons. The Morgan fingerprint density at radius 1 is 1.27 bits per heavy atom. The maximum absolute atomic E-state index is 13.0. The molecule has 1 aliphatic rings. The highest BCUT2D eigenvalue weighted by molar-refractivity contribution is 8.13. The molecular formula is C20H21ClN2O2S. The van der Waals surface area contributed by atoms with Crippen LogP contribution in [0.3, 0.4) is 0 Å². The minimum absolute atomic E-state index is 0.130. The fourth-order valence-corrected chi connectivity index (χ4v) is 4.11. The van der Waals surface area contributed by atoms with Gasteiger partial charge in [0.15, 0.2) is 5.17 Å². The van der Waals surface area contributed by atoms with Gasteiger partial charge in [-0.1, -0.05) is 47.1 Å². The molecule has 2 aromatic rings. The lowest BCUT2D eigenvalue weighted by molar-refractivity contribution is 0.0857. The third kappa shape index (κ3) is 4.05. The fourth-order valence-electron chi connectivity index (χ4n) is 2.83. The van der Waals surface area contributed by atoms with E-state index in [4.69, 9.17) is 16.3 Å². The molecule has 26 heavy (non-hydrogen) atoms. The number of amidine groups is 1. The van der Waals surface area contributed by atoms with Crippen LogP contribution in [-0.4, -0.2) is 36.2 Å². The second-order valence-corrected chi connectivity index (χ2v) is 7.56. The van der Waals surface area contributed by atoms with E-state index in [1.165, 1.54) is 16.7 Å². The van der Waals surface area contributed by atoms with E-state index in [0.717, 1.165) is 10.9 Å². The molecule has 0 spiro atoms. The lowest BCUT2D eigenvalue weighted by atomic mass is 10.1. The number of methoxy groups -OCH3 is 1. The topological polar surface area (TPSA) is 41.9 Å². The number of hydrogen-bond acceptors (Lipinski definition) is 4. The zero-order valence-corrected chi connectivity index (χ0v) is 16.7. The Balaban J connectivity index is 1.77. The summed E-state index contributed by atoms with van der Waals surface area (Å²) in [6.07, 6.45) is 0. The van der Waals surface area contributed by atoms with Gasteiger partial charge in [-0.3, -0.25) is 14.7 Å². The molecule has 0 unspecified atom stereocenters. The minimum atomic E-state index is -0.130. The SMILES string of the molecule is COc1ccc(Cl)cc1C(=O)N1CCN=C1SCc1cc(C)ccc1C. The highest BCUT2D eigenvalue weighted by Crippen LogP contribution is 2.28. The number of hydrogen-bond donors (Lipinski definition) is 0. The number of carbonyl (C=O) groups excluding carboxylic acids is 1. The van der Waals surface area contributed by atoms with Crippen molar-refractivity contribution in [2.24, 2.45) is 4.99 Å². The van der Waals surface area contributed by atoms with Gasteiger partial charge in [-0.15, -0.1) is 0 Å². The Kier molecular flexibility index (Phi) is 5.89. The van der Waals surface area contributed by atoms with E-state index < -0.39 is 0 Å². The molecule has 2 aromatic carbocycles. The Morgan fingerprint density at radius 3 is 2.85 bits per heavy atom. The molecule has 0 aromatic heterocycles. The summed E-state index contributed by atoms with van der Waals surface area (Å²) >= 11 is 7.66. The van der Waals surface area contributed by atoms with Gasteiger partial charge in [0.1, 0.15) is 5.75 Å². The van der Waals surface area contributed by atoms with Crippen molar-refractivity contribution in [3.05, 3.63) is 63.7 Å². The number of aliphatic imine (C=N–C) groups is 1. The minimum Gasteiger partial charge on any atom is -0.496 e. The molecule has 1 aliphatic heterocycles. The lowest BCUT2D eigenvalue weighted by Crippen LogP contribution is -2.33. The van der Waals surface area contributed by atoms with Crippen molar-refractivity contribution in [1.82, 2.24) is 4.90 Å². The van der Waals surface area contributed by atoms with Crippen LogP contribution >= 0.6 is 23.4 Å². The van der Waals surface area contributed by atoms with Gasteiger partial charge in [-0.25, -0.2) is 0 Å². The number of ether oxygens (including phenoxy) is 1. The molecule has 0 aliphatic carbocycles. The van der Waals surface area contributed by atoms with Gasteiger partial charge in [0.25, 0.3) is 5.91 Å². The molecular weight excluding hydrogens is 368 g/mol. The predicted octanol–water partition coefficient (Wildman–Crippen LogP) is 4.71. The third-order valence-corrected chi connectivity index (χ3v) is 5.60. The first-order chi connectivity index (χ1) is 12.5. The molecule has 1 amide bonds. The predicted molar refractivity (Wildman–Crippen MR) is 109 cm³/mol. The summed E-state index contributed by atoms with van der Waals surface area (Å²) in [5, 5.41) is 1.26. The quantitative estimate of drug-likeness (QED) is 0.761. The first-order valence-corrected chi connectivity index (χ1v) is 9.74. The summed E-state index contributed by atoms with van der Waals surface area (Å²) in [6, 6.07) is 11.5. The average molecular weight is 389 g/mol. The second-order valence-electron chi connectivity index (χ2n) is 6.18. The Labute approximate surface area is 163 Å². The zero-order valence-electron chi connectivity index (χ0n) is 15.1. The standard InChI is InChI=1S/C20H21ClN2O2S/c1-13-4-5-14(2)15(10-13)12-26-20-22-8-9-23(20)19(24)17-11-16(21)6-7-18(17)25-3/h4-7,10-11H,8-9,12H2,1-3H3. The van der Waals surface area contributed by atoms with Gasteiger partial charge in [0, 0.05) is 17.3 Å². The third-order valence-electron chi connectivity index (χ3n) is 4.30. The molecule has 0 N–H and O–H groups in total. The number of aryl methyl sites for hydroxylation is 2. The van der Waals surface area contributed by atoms with E-state index in [0.29, 0.717) is 29.4 Å². The van der Waals surface area contributed by atoms with Crippen LogP contribution in [0.4, 0.5) is 0 Å². The Bertz CT molecular complexity index is 867. The Morgan fingerprint density at radius 2 is 2.08 bits per heavy atom. The maximum atomic E-state index is 13.0. The molecule has 0 atom stereocenters. The first-order valence-electron chi connectivity index (χ1n) is 8.38. The summed E-state index contributed by atoms with van der Waals surface area (Å²) in [4.78, 5) is 19.2. The van der Waals surface area contributed by atoms with Gasteiger partial charge < -0.3 is 4.74 Å². The average Bonchev–Trinajstić information content (AvgIpc) is 3.10. The van der Waals surface area contributed by atoms with Crippen molar-refractivity contribution >= 4 is 34.4 Å². The molecule has 0 bridgehead atoms. The van der Waals surface area contributed by atoms with Crippen molar-refractivity contribution in [1.29, 1.82) is 0 Å². The molecule has 6 heteroatoms. The monoisotopic (exact) mass is 388 g/mol. The molecule has 3 rings (SSSR count). The van der Waals surface area contributed by atoms with Gasteiger partial charge in [0.2, 0.25) is 0 Å². The van der Waals surface area contributed by atoms with E-state index in [1.807, 2.05) is 0 Å². The largest absolute Gasteiger partial charge is 0.496 e. The molecule has 0 saturated carbocycles. The van der Waals surface area contributed by atoms with Crippen molar-refractivity contribution < 1.29 is 9.53 Å². The van der Waals surface area contributed by atoms with Crippen molar-refractivity contribution in [3.8, 4) is 5.75 Å². The highest BCUT2D eigenvalue weighted by atomic mass is 35.5. The van der Waals surface area contributed by atoms with E-state index in [1.54, 1.807) is 42.0 Å². The van der Waals surface area contributed by atoms with Crippen LogP contribution in [0.5, 0.6) is 5.75 Å². The lowest BCUT2D eigenvalue weighted by Gasteiger charge is -2.19. The van der Waals surface area contributed by atoms with Crippen LogP contribution in [0, 0.1) is 13.8 Å². The van der Waals surface area contributed by atoms with Crippen LogP contribution in [0.25, 0.3) is 0 Å². The van der Waals surface area contributed by atoms with Gasteiger partial charge in [-0.05, 0) is 43.2 Å². The Hall–Kier alpha value is -1.98. The number of rotatable bonds is 4. The van der Waals surface area contributed by atoms with Crippen LogP contribution in [0.15, 0.2) is 41.4 Å². The number of halogens is 1. The molecule has 4 nitrogen and oxygen atoms in total. The number of benzene rings is 2. The fraction of sp³-hybridized carbons (Fsp3) is 0.300. The van der Waals surface area contributed by atoms with Crippen molar-refractivity contribution in [2.75, 3.05) is 20.2 Å². The zero-order chi connectivity index (χ0) is 18.7. The van der Waals surface area contributed by atoms with Crippen LogP contribution < -0.4 is 4.74 Å². The summed E-state index contributed by atoms with van der Waals surface area (Å²) in [5.74, 6) is 1.17. The maximum Gasteiger partial charge on any atom is 0.263 e.